The maximum absolute atomic E-state index is 10.5. The number of aliphatic carboxylic acids is 2. The van der Waals surface area contributed by atoms with Crippen LogP contribution in [0, 0.1) is 5.92 Å². The predicted molar refractivity (Wildman–Crippen MR) is 75.1 cm³/mol. The van der Waals surface area contributed by atoms with E-state index in [9.17, 15) is 19.8 Å². The van der Waals surface area contributed by atoms with Gasteiger partial charge in [0.05, 0.1) is 11.9 Å². The molecule has 6 heteroatoms. The van der Waals surface area contributed by atoms with E-state index in [0.29, 0.717) is 6.42 Å². The van der Waals surface area contributed by atoms with E-state index in [1.54, 1.807) is 0 Å². The van der Waals surface area contributed by atoms with Crippen molar-refractivity contribution in [3.05, 3.63) is 0 Å². The quantitative estimate of drug-likeness (QED) is 0.263. The zero-order chi connectivity index (χ0) is 13.8. The van der Waals surface area contributed by atoms with Crippen molar-refractivity contribution in [2.24, 2.45) is 5.92 Å². The molecule has 0 saturated heterocycles. The van der Waals surface area contributed by atoms with Gasteiger partial charge in [-0.15, -0.1) is 0 Å². The Bertz CT molecular complexity index is 228. The summed E-state index contributed by atoms with van der Waals surface area (Å²) in [4.78, 5) is 21.0. The summed E-state index contributed by atoms with van der Waals surface area (Å²) in [6, 6.07) is 0. The molecule has 0 aliphatic carbocycles. The molecule has 0 radical (unpaired) electrons. The highest BCUT2D eigenvalue weighted by Gasteiger charge is 2.10. The Labute approximate surface area is 120 Å². The lowest BCUT2D eigenvalue weighted by Crippen LogP contribution is -2.43. The first-order chi connectivity index (χ1) is 8.59. The molecular weight excluding hydrogens is 264 g/mol. The Morgan fingerprint density at radius 2 is 1.10 bits per heavy atom. The van der Waals surface area contributed by atoms with Crippen LogP contribution in [-0.4, -0.2) is 11.9 Å². The van der Waals surface area contributed by atoms with Crippen LogP contribution in [0.15, 0.2) is 0 Å². The molecule has 122 valence electrons. The molecule has 0 bridgehead atoms. The molecule has 0 amide bonds. The SMILES string of the molecule is CCCCCCCCCCCC(C(=O)[O-])C(=O)[O-].[OH3+].[OH3+]. The van der Waals surface area contributed by atoms with Crippen LogP contribution in [0.4, 0.5) is 0 Å². The maximum Gasteiger partial charge on any atom is 0.0501 e. The Morgan fingerprint density at radius 1 is 0.750 bits per heavy atom. The van der Waals surface area contributed by atoms with E-state index in [0.717, 1.165) is 19.3 Å². The minimum absolute atomic E-state index is 0. The predicted octanol–water partition coefficient (Wildman–Crippen LogP) is -0.821. The Hall–Kier alpha value is -1.14. The van der Waals surface area contributed by atoms with Gasteiger partial charge >= 0.3 is 0 Å². The molecule has 0 spiro atoms. The van der Waals surface area contributed by atoms with Gasteiger partial charge in [0.25, 0.3) is 0 Å². The van der Waals surface area contributed by atoms with Crippen molar-refractivity contribution in [2.45, 2.75) is 71.1 Å². The molecule has 20 heavy (non-hydrogen) atoms. The van der Waals surface area contributed by atoms with Crippen LogP contribution in [0.5, 0.6) is 0 Å². The summed E-state index contributed by atoms with van der Waals surface area (Å²) in [5.74, 6) is -4.52. The summed E-state index contributed by atoms with van der Waals surface area (Å²) in [6.07, 6.45) is 10.1. The Balaban J connectivity index is -0.00000144. The number of hydrogen-bond donors (Lipinski definition) is 0. The van der Waals surface area contributed by atoms with E-state index in [1.165, 1.54) is 32.1 Å². The van der Waals surface area contributed by atoms with Crippen molar-refractivity contribution in [1.82, 2.24) is 0 Å². The molecular formula is C14H30O6. The number of rotatable bonds is 12. The van der Waals surface area contributed by atoms with Gasteiger partial charge in [0, 0.05) is 5.92 Å². The second-order valence-electron chi connectivity index (χ2n) is 4.81. The lowest BCUT2D eigenvalue weighted by Gasteiger charge is -2.18. The fourth-order valence-electron chi connectivity index (χ4n) is 1.99. The van der Waals surface area contributed by atoms with Crippen LogP contribution in [-0.2, 0) is 20.5 Å². The summed E-state index contributed by atoms with van der Waals surface area (Å²) in [7, 11) is 0. The van der Waals surface area contributed by atoms with Crippen molar-refractivity contribution >= 4 is 11.9 Å². The molecule has 0 aliphatic rings. The molecule has 0 heterocycles. The summed E-state index contributed by atoms with van der Waals surface area (Å²) >= 11 is 0. The normalized spacial score (nSPS) is 9.70. The maximum atomic E-state index is 10.5. The first kappa shape index (κ1) is 23.9. The first-order valence-corrected chi connectivity index (χ1v) is 7.01. The minimum Gasteiger partial charge on any atom is -0.549 e. The van der Waals surface area contributed by atoms with Gasteiger partial charge in [-0.2, -0.15) is 0 Å². The van der Waals surface area contributed by atoms with Crippen LogP contribution in [0.2, 0.25) is 0 Å². The van der Waals surface area contributed by atoms with E-state index in [-0.39, 0.29) is 17.4 Å². The summed E-state index contributed by atoms with van der Waals surface area (Å²) in [6.45, 7) is 2.19. The summed E-state index contributed by atoms with van der Waals surface area (Å²) in [5, 5.41) is 21.0. The molecule has 0 saturated carbocycles. The van der Waals surface area contributed by atoms with E-state index in [4.69, 9.17) is 0 Å². The number of carbonyl (C=O) groups is 2. The third kappa shape index (κ3) is 13.3. The van der Waals surface area contributed by atoms with Crippen LogP contribution in [0.3, 0.4) is 0 Å². The first-order valence-electron chi connectivity index (χ1n) is 7.01. The Morgan fingerprint density at radius 3 is 1.45 bits per heavy atom. The van der Waals surface area contributed by atoms with Gasteiger partial charge in [0.1, 0.15) is 0 Å². The standard InChI is InChI=1S/C14H26O4.2H2O/c1-2-3-4-5-6-7-8-9-10-11-12(13(15)16)14(17)18;;/h12H,2-11H2,1H3,(H,15,16)(H,17,18);2*1H2. The third-order valence-corrected chi connectivity index (χ3v) is 3.17. The number of carboxylic acid groups (broad SMARTS) is 2. The van der Waals surface area contributed by atoms with Gasteiger partial charge < -0.3 is 30.8 Å². The number of carbonyl (C=O) groups excluding carboxylic acids is 2. The highest BCUT2D eigenvalue weighted by atomic mass is 16.4. The van der Waals surface area contributed by atoms with Gasteiger partial charge in [0.2, 0.25) is 0 Å². The zero-order valence-electron chi connectivity index (χ0n) is 12.4. The van der Waals surface area contributed by atoms with E-state index < -0.39 is 17.9 Å². The van der Waals surface area contributed by atoms with Crippen LogP contribution < -0.4 is 10.2 Å². The molecule has 0 unspecified atom stereocenters. The van der Waals surface area contributed by atoms with Gasteiger partial charge in [-0.3, -0.25) is 0 Å². The van der Waals surface area contributed by atoms with Gasteiger partial charge in [-0.25, -0.2) is 0 Å². The monoisotopic (exact) mass is 294 g/mol. The second kappa shape index (κ2) is 15.9. The molecule has 6 N–H and O–H groups in total. The second-order valence-corrected chi connectivity index (χ2v) is 4.81. The molecule has 0 aromatic carbocycles. The van der Waals surface area contributed by atoms with Crippen molar-refractivity contribution in [2.75, 3.05) is 0 Å². The molecule has 0 aromatic heterocycles. The Kier molecular flexibility index (Phi) is 19.0. The van der Waals surface area contributed by atoms with Crippen LogP contribution >= 0.6 is 0 Å². The summed E-state index contributed by atoms with van der Waals surface area (Å²) in [5.41, 5.74) is 0. The van der Waals surface area contributed by atoms with Crippen molar-refractivity contribution in [3.63, 3.8) is 0 Å². The topological polar surface area (TPSA) is 146 Å². The molecule has 0 fully saturated rings. The molecule has 0 rings (SSSR count). The van der Waals surface area contributed by atoms with Gasteiger partial charge in [-0.05, 0) is 6.42 Å². The van der Waals surface area contributed by atoms with Crippen molar-refractivity contribution in [1.29, 1.82) is 0 Å². The molecule has 6 nitrogen and oxygen atoms in total. The smallest absolute Gasteiger partial charge is 0.0501 e. The minimum atomic E-state index is -1.53. The van der Waals surface area contributed by atoms with E-state index in [1.807, 2.05) is 0 Å². The van der Waals surface area contributed by atoms with E-state index >= 15 is 0 Å². The fraction of sp³-hybridized carbons (Fsp3) is 0.857. The lowest BCUT2D eigenvalue weighted by atomic mass is 10.00. The molecule has 0 atom stereocenters. The van der Waals surface area contributed by atoms with E-state index in [2.05, 4.69) is 6.92 Å². The number of hydrogen-bond acceptors (Lipinski definition) is 4. The van der Waals surface area contributed by atoms with Gasteiger partial charge in [-0.1, -0.05) is 64.7 Å². The molecule has 0 aromatic rings. The summed E-state index contributed by atoms with van der Waals surface area (Å²) < 4.78 is 0. The third-order valence-electron chi connectivity index (χ3n) is 3.17. The molecule has 0 aliphatic heterocycles. The highest BCUT2D eigenvalue weighted by Crippen LogP contribution is 2.13. The fourth-order valence-corrected chi connectivity index (χ4v) is 1.99. The van der Waals surface area contributed by atoms with Gasteiger partial charge in [0.15, 0.2) is 0 Å². The lowest BCUT2D eigenvalue weighted by molar-refractivity contribution is -0.332. The van der Waals surface area contributed by atoms with Crippen LogP contribution in [0.1, 0.15) is 71.1 Å². The van der Waals surface area contributed by atoms with Crippen molar-refractivity contribution in [3.8, 4) is 0 Å². The number of unbranched alkanes of at least 4 members (excludes halogenated alkanes) is 8. The largest absolute Gasteiger partial charge is 0.549 e. The van der Waals surface area contributed by atoms with Crippen molar-refractivity contribution < 1.29 is 30.8 Å². The highest BCUT2D eigenvalue weighted by molar-refractivity contribution is 5.90. The number of carboxylic acids is 2. The zero-order valence-corrected chi connectivity index (χ0v) is 12.4. The average Bonchev–Trinajstić information content (AvgIpc) is 2.30. The average molecular weight is 294 g/mol. The van der Waals surface area contributed by atoms with Crippen LogP contribution in [0.25, 0.3) is 0 Å².